The standard InChI is InChI=1S/C20H38O4/c1-3-5-6-7-8-9-10-11-12-13-14-15-16-23-17-19(21)18-24-20(22)4-2/h4,19,21H,2-3,5-18H2,1H3. The van der Waals surface area contributed by atoms with E-state index in [0.717, 1.165) is 12.5 Å². The van der Waals surface area contributed by atoms with Crippen LogP contribution >= 0.6 is 0 Å². The number of esters is 1. The van der Waals surface area contributed by atoms with Crippen molar-refractivity contribution in [3.05, 3.63) is 12.7 Å². The van der Waals surface area contributed by atoms with E-state index in [2.05, 4.69) is 13.5 Å². The number of hydrogen-bond acceptors (Lipinski definition) is 4. The van der Waals surface area contributed by atoms with Gasteiger partial charge in [-0.2, -0.15) is 0 Å². The molecule has 0 aromatic rings. The molecule has 4 nitrogen and oxygen atoms in total. The summed E-state index contributed by atoms with van der Waals surface area (Å²) in [5.41, 5.74) is 0. The first-order valence-electron chi connectivity index (χ1n) is 9.75. The summed E-state index contributed by atoms with van der Waals surface area (Å²) in [5.74, 6) is -0.519. The van der Waals surface area contributed by atoms with Gasteiger partial charge in [-0.1, -0.05) is 84.1 Å². The van der Waals surface area contributed by atoms with Crippen molar-refractivity contribution in [1.82, 2.24) is 0 Å². The van der Waals surface area contributed by atoms with E-state index in [1.807, 2.05) is 0 Å². The molecule has 0 spiro atoms. The second-order valence-corrected chi connectivity index (χ2v) is 6.45. The van der Waals surface area contributed by atoms with Gasteiger partial charge in [0.05, 0.1) is 6.61 Å². The number of rotatable bonds is 18. The van der Waals surface area contributed by atoms with Crippen molar-refractivity contribution in [2.45, 2.75) is 90.1 Å². The summed E-state index contributed by atoms with van der Waals surface area (Å²) in [5, 5.41) is 9.55. The molecule has 4 heteroatoms. The molecular weight excluding hydrogens is 304 g/mol. The van der Waals surface area contributed by atoms with Crippen molar-refractivity contribution < 1.29 is 19.4 Å². The van der Waals surface area contributed by atoms with Gasteiger partial charge >= 0.3 is 5.97 Å². The first-order valence-corrected chi connectivity index (χ1v) is 9.75. The van der Waals surface area contributed by atoms with E-state index in [9.17, 15) is 9.90 Å². The number of ether oxygens (including phenoxy) is 2. The molecule has 24 heavy (non-hydrogen) atoms. The Morgan fingerprint density at radius 2 is 1.42 bits per heavy atom. The molecule has 0 fully saturated rings. The van der Waals surface area contributed by atoms with Crippen molar-refractivity contribution >= 4 is 5.97 Å². The zero-order valence-corrected chi connectivity index (χ0v) is 15.6. The molecule has 0 aliphatic carbocycles. The third-order valence-corrected chi connectivity index (χ3v) is 4.04. The summed E-state index contributed by atoms with van der Waals surface area (Å²) in [6.45, 7) is 6.38. The monoisotopic (exact) mass is 342 g/mol. The van der Waals surface area contributed by atoms with Crippen molar-refractivity contribution in [3.63, 3.8) is 0 Å². The average molecular weight is 343 g/mol. The maximum absolute atomic E-state index is 10.8. The number of carbonyl (C=O) groups is 1. The average Bonchev–Trinajstić information content (AvgIpc) is 2.59. The molecule has 1 atom stereocenters. The Labute approximate surface area is 148 Å². The van der Waals surface area contributed by atoms with Gasteiger partial charge in [0.1, 0.15) is 12.7 Å². The zero-order valence-electron chi connectivity index (χ0n) is 15.6. The lowest BCUT2D eigenvalue weighted by Gasteiger charge is -2.11. The van der Waals surface area contributed by atoms with Crippen molar-refractivity contribution in [2.75, 3.05) is 19.8 Å². The number of aliphatic hydroxyl groups excluding tert-OH is 1. The number of carbonyl (C=O) groups excluding carboxylic acids is 1. The Bertz CT molecular complexity index is 291. The van der Waals surface area contributed by atoms with Gasteiger partial charge in [-0.05, 0) is 6.42 Å². The minimum absolute atomic E-state index is 0.0384. The summed E-state index contributed by atoms with van der Waals surface area (Å²) in [7, 11) is 0. The van der Waals surface area contributed by atoms with E-state index in [-0.39, 0.29) is 13.2 Å². The first-order chi connectivity index (χ1) is 11.7. The van der Waals surface area contributed by atoms with E-state index < -0.39 is 12.1 Å². The van der Waals surface area contributed by atoms with Gasteiger partial charge < -0.3 is 14.6 Å². The fraction of sp³-hybridized carbons (Fsp3) is 0.850. The highest BCUT2D eigenvalue weighted by molar-refractivity contribution is 5.81. The van der Waals surface area contributed by atoms with Gasteiger partial charge in [-0.15, -0.1) is 0 Å². The summed E-state index contributed by atoms with van der Waals surface area (Å²) in [4.78, 5) is 10.8. The van der Waals surface area contributed by atoms with Crippen LogP contribution in [0.4, 0.5) is 0 Å². The maximum atomic E-state index is 10.8. The van der Waals surface area contributed by atoms with Crippen LogP contribution in [0.2, 0.25) is 0 Å². The number of hydrogen-bond donors (Lipinski definition) is 1. The van der Waals surface area contributed by atoms with Crippen LogP contribution in [0, 0.1) is 0 Å². The van der Waals surface area contributed by atoms with Crippen molar-refractivity contribution in [2.24, 2.45) is 0 Å². The third kappa shape index (κ3) is 17.5. The zero-order chi connectivity index (χ0) is 17.9. The smallest absolute Gasteiger partial charge is 0.330 e. The molecule has 0 aliphatic rings. The Morgan fingerprint density at radius 1 is 0.917 bits per heavy atom. The molecule has 0 radical (unpaired) electrons. The first kappa shape index (κ1) is 23.1. The number of unbranched alkanes of at least 4 members (excludes halogenated alkanes) is 11. The van der Waals surface area contributed by atoms with Gasteiger partial charge in [0, 0.05) is 12.7 Å². The third-order valence-electron chi connectivity index (χ3n) is 4.04. The predicted molar refractivity (Wildman–Crippen MR) is 99.1 cm³/mol. The molecule has 0 aromatic heterocycles. The van der Waals surface area contributed by atoms with Gasteiger partial charge in [0.25, 0.3) is 0 Å². The largest absolute Gasteiger partial charge is 0.460 e. The second-order valence-electron chi connectivity index (χ2n) is 6.45. The van der Waals surface area contributed by atoms with Crippen LogP contribution in [0.25, 0.3) is 0 Å². The molecular formula is C20H38O4. The van der Waals surface area contributed by atoms with Crippen LogP contribution in [0.3, 0.4) is 0 Å². The van der Waals surface area contributed by atoms with E-state index in [0.29, 0.717) is 6.61 Å². The molecule has 0 aliphatic heterocycles. The normalized spacial score (nSPS) is 12.1. The Hall–Kier alpha value is -0.870. The van der Waals surface area contributed by atoms with Crippen LogP contribution in [-0.4, -0.2) is 37.0 Å². The molecule has 0 aromatic carbocycles. The molecule has 142 valence electrons. The molecule has 1 unspecified atom stereocenters. The Kier molecular flexibility index (Phi) is 17.8. The van der Waals surface area contributed by atoms with E-state index >= 15 is 0 Å². The van der Waals surface area contributed by atoms with Gasteiger partial charge in [0.2, 0.25) is 0 Å². The Balaban J connectivity index is 3.14. The minimum atomic E-state index is -0.758. The molecule has 0 rings (SSSR count). The lowest BCUT2D eigenvalue weighted by Crippen LogP contribution is -2.23. The van der Waals surface area contributed by atoms with Gasteiger partial charge in [0.15, 0.2) is 0 Å². The molecule has 1 N–H and O–H groups in total. The van der Waals surface area contributed by atoms with Gasteiger partial charge in [-0.25, -0.2) is 4.79 Å². The molecule has 0 bridgehead atoms. The predicted octanol–water partition coefficient (Wildman–Crippen LogP) is 4.79. The topological polar surface area (TPSA) is 55.8 Å². The fourth-order valence-electron chi connectivity index (χ4n) is 2.55. The van der Waals surface area contributed by atoms with Crippen molar-refractivity contribution in [1.29, 1.82) is 0 Å². The maximum Gasteiger partial charge on any atom is 0.330 e. The van der Waals surface area contributed by atoms with E-state index in [1.165, 1.54) is 70.6 Å². The molecule has 0 saturated heterocycles. The van der Waals surface area contributed by atoms with E-state index in [1.54, 1.807) is 0 Å². The summed E-state index contributed by atoms with van der Waals surface area (Å²) < 4.78 is 10.1. The summed E-state index contributed by atoms with van der Waals surface area (Å²) >= 11 is 0. The number of aliphatic hydroxyl groups is 1. The molecule has 0 amide bonds. The van der Waals surface area contributed by atoms with Gasteiger partial charge in [-0.3, -0.25) is 0 Å². The van der Waals surface area contributed by atoms with Crippen LogP contribution < -0.4 is 0 Å². The lowest BCUT2D eigenvalue weighted by molar-refractivity contribution is -0.141. The molecule has 0 heterocycles. The van der Waals surface area contributed by atoms with Crippen LogP contribution in [0.15, 0.2) is 12.7 Å². The highest BCUT2D eigenvalue weighted by Crippen LogP contribution is 2.11. The van der Waals surface area contributed by atoms with Crippen LogP contribution in [-0.2, 0) is 14.3 Å². The highest BCUT2D eigenvalue weighted by atomic mass is 16.5. The summed E-state index contributed by atoms with van der Waals surface area (Å²) in [6.07, 6.45) is 16.1. The Morgan fingerprint density at radius 3 is 1.92 bits per heavy atom. The highest BCUT2D eigenvalue weighted by Gasteiger charge is 2.06. The molecule has 0 saturated carbocycles. The van der Waals surface area contributed by atoms with Crippen molar-refractivity contribution in [3.8, 4) is 0 Å². The quantitative estimate of drug-likeness (QED) is 0.221. The second kappa shape index (κ2) is 18.5. The van der Waals surface area contributed by atoms with Crippen LogP contribution in [0.5, 0.6) is 0 Å². The summed E-state index contributed by atoms with van der Waals surface area (Å²) in [6, 6.07) is 0. The lowest BCUT2D eigenvalue weighted by atomic mass is 10.1. The fourth-order valence-corrected chi connectivity index (χ4v) is 2.55. The minimum Gasteiger partial charge on any atom is -0.460 e. The van der Waals surface area contributed by atoms with Crippen LogP contribution in [0.1, 0.15) is 84.0 Å². The van der Waals surface area contributed by atoms with E-state index in [4.69, 9.17) is 9.47 Å². The SMILES string of the molecule is C=CC(=O)OCC(O)COCCCCCCCCCCCCCC.